The SMILES string of the molecule is CC(=O)NC(=O)Nc1ccc(-c2ccc(C(C)(C)NC(C)=O)cc2)cc1. The lowest BCUT2D eigenvalue weighted by Crippen LogP contribution is -2.39. The molecular formula is C20H23N3O3. The van der Waals surface area contributed by atoms with Crippen molar-refractivity contribution in [2.75, 3.05) is 5.32 Å². The number of imide groups is 1. The summed E-state index contributed by atoms with van der Waals surface area (Å²) >= 11 is 0. The first-order chi connectivity index (χ1) is 12.2. The fourth-order valence-corrected chi connectivity index (χ4v) is 2.66. The fourth-order valence-electron chi connectivity index (χ4n) is 2.66. The molecule has 0 aliphatic carbocycles. The topological polar surface area (TPSA) is 87.3 Å². The van der Waals surface area contributed by atoms with Gasteiger partial charge in [-0.2, -0.15) is 0 Å². The molecule has 0 bridgehead atoms. The molecule has 0 heterocycles. The number of hydrogen-bond donors (Lipinski definition) is 3. The summed E-state index contributed by atoms with van der Waals surface area (Å²) in [4.78, 5) is 33.7. The molecule has 2 aromatic carbocycles. The molecule has 2 aromatic rings. The highest BCUT2D eigenvalue weighted by molar-refractivity contribution is 6.00. The van der Waals surface area contributed by atoms with E-state index in [1.807, 2.05) is 50.2 Å². The number of hydrogen-bond acceptors (Lipinski definition) is 3. The molecular weight excluding hydrogens is 330 g/mol. The molecule has 4 amide bonds. The van der Waals surface area contributed by atoms with Crippen LogP contribution >= 0.6 is 0 Å². The van der Waals surface area contributed by atoms with Crippen LogP contribution in [0.5, 0.6) is 0 Å². The second kappa shape index (κ2) is 7.82. The van der Waals surface area contributed by atoms with Crippen LogP contribution in [-0.4, -0.2) is 17.8 Å². The monoisotopic (exact) mass is 353 g/mol. The van der Waals surface area contributed by atoms with Crippen LogP contribution in [0.3, 0.4) is 0 Å². The highest BCUT2D eigenvalue weighted by atomic mass is 16.2. The number of nitrogens with one attached hydrogen (secondary N) is 3. The molecule has 136 valence electrons. The standard InChI is InChI=1S/C20H23N3O3/c1-13(24)21-19(26)22-18-11-7-16(8-12-18)15-5-9-17(10-6-15)20(3,4)23-14(2)25/h5-12H,1-4H3,(H,23,25)(H2,21,22,24,26). The first-order valence-corrected chi connectivity index (χ1v) is 8.26. The second-order valence-electron chi connectivity index (χ2n) is 6.60. The third-order valence-corrected chi connectivity index (χ3v) is 3.86. The van der Waals surface area contributed by atoms with E-state index in [4.69, 9.17) is 0 Å². The summed E-state index contributed by atoms with van der Waals surface area (Å²) in [6.45, 7) is 6.69. The van der Waals surface area contributed by atoms with Gasteiger partial charge >= 0.3 is 6.03 Å². The second-order valence-corrected chi connectivity index (χ2v) is 6.60. The third-order valence-electron chi connectivity index (χ3n) is 3.86. The Labute approximate surface area is 153 Å². The van der Waals surface area contributed by atoms with Crippen LogP contribution in [0.4, 0.5) is 10.5 Å². The van der Waals surface area contributed by atoms with Gasteiger partial charge in [0, 0.05) is 19.5 Å². The van der Waals surface area contributed by atoms with Gasteiger partial charge in [-0.15, -0.1) is 0 Å². The van der Waals surface area contributed by atoms with Gasteiger partial charge in [-0.25, -0.2) is 4.79 Å². The van der Waals surface area contributed by atoms with Gasteiger partial charge in [0.1, 0.15) is 0 Å². The molecule has 0 aliphatic rings. The summed E-state index contributed by atoms with van der Waals surface area (Å²) in [6.07, 6.45) is 0. The molecule has 3 N–H and O–H groups in total. The lowest BCUT2D eigenvalue weighted by atomic mass is 9.92. The smallest absolute Gasteiger partial charge is 0.325 e. The van der Waals surface area contributed by atoms with Gasteiger partial charge in [-0.1, -0.05) is 36.4 Å². The number of anilines is 1. The van der Waals surface area contributed by atoms with E-state index < -0.39 is 17.5 Å². The summed E-state index contributed by atoms with van der Waals surface area (Å²) in [5.74, 6) is -0.489. The molecule has 26 heavy (non-hydrogen) atoms. The Kier molecular flexibility index (Phi) is 5.77. The van der Waals surface area contributed by atoms with Gasteiger partial charge in [-0.3, -0.25) is 14.9 Å². The van der Waals surface area contributed by atoms with Crippen LogP contribution in [0.2, 0.25) is 0 Å². The maximum atomic E-state index is 11.5. The first kappa shape index (κ1) is 19.2. The van der Waals surface area contributed by atoms with Crippen LogP contribution in [0, 0.1) is 0 Å². The Morgan fingerprint density at radius 1 is 0.769 bits per heavy atom. The minimum Gasteiger partial charge on any atom is -0.347 e. The molecule has 6 heteroatoms. The van der Waals surface area contributed by atoms with E-state index in [2.05, 4.69) is 16.0 Å². The van der Waals surface area contributed by atoms with E-state index in [-0.39, 0.29) is 5.91 Å². The van der Waals surface area contributed by atoms with Crippen LogP contribution in [-0.2, 0) is 15.1 Å². The van der Waals surface area contributed by atoms with Crippen molar-refractivity contribution in [1.29, 1.82) is 0 Å². The zero-order valence-electron chi connectivity index (χ0n) is 15.3. The minimum atomic E-state index is -0.560. The maximum absolute atomic E-state index is 11.5. The van der Waals surface area contributed by atoms with E-state index in [0.717, 1.165) is 16.7 Å². The predicted molar refractivity (Wildman–Crippen MR) is 102 cm³/mol. The Bertz CT molecular complexity index is 809. The van der Waals surface area contributed by atoms with Crippen molar-refractivity contribution in [3.05, 3.63) is 54.1 Å². The Balaban J connectivity index is 2.11. The van der Waals surface area contributed by atoms with Crippen molar-refractivity contribution in [3.8, 4) is 11.1 Å². The van der Waals surface area contributed by atoms with Crippen molar-refractivity contribution < 1.29 is 14.4 Å². The zero-order chi connectivity index (χ0) is 19.3. The highest BCUT2D eigenvalue weighted by Gasteiger charge is 2.21. The van der Waals surface area contributed by atoms with Crippen molar-refractivity contribution in [1.82, 2.24) is 10.6 Å². The number of rotatable bonds is 4. The number of carbonyl (C=O) groups is 3. The first-order valence-electron chi connectivity index (χ1n) is 8.26. The molecule has 0 saturated carbocycles. The van der Waals surface area contributed by atoms with Gasteiger partial charge < -0.3 is 10.6 Å². The third kappa shape index (κ3) is 5.17. The lowest BCUT2D eigenvalue weighted by Gasteiger charge is -2.26. The Morgan fingerprint density at radius 2 is 1.27 bits per heavy atom. The maximum Gasteiger partial charge on any atom is 0.325 e. The minimum absolute atomic E-state index is 0.0732. The highest BCUT2D eigenvalue weighted by Crippen LogP contribution is 2.26. The summed E-state index contributed by atoms with van der Waals surface area (Å²) in [5.41, 5.74) is 3.17. The van der Waals surface area contributed by atoms with E-state index in [9.17, 15) is 14.4 Å². The lowest BCUT2D eigenvalue weighted by molar-refractivity contribution is -0.120. The van der Waals surface area contributed by atoms with Crippen LogP contribution in [0.25, 0.3) is 11.1 Å². The number of benzene rings is 2. The summed E-state index contributed by atoms with van der Waals surface area (Å²) in [6, 6.07) is 14.7. The summed E-state index contributed by atoms with van der Waals surface area (Å²) < 4.78 is 0. The number of amides is 4. The predicted octanol–water partition coefficient (Wildman–Crippen LogP) is 3.39. The Hall–Kier alpha value is -3.15. The average molecular weight is 353 g/mol. The normalized spacial score (nSPS) is 10.8. The van der Waals surface area contributed by atoms with Crippen molar-refractivity contribution in [2.24, 2.45) is 0 Å². The summed E-state index contributed by atoms with van der Waals surface area (Å²) in [7, 11) is 0. The van der Waals surface area contributed by atoms with Gasteiger partial charge in [0.05, 0.1) is 5.54 Å². The zero-order valence-corrected chi connectivity index (χ0v) is 15.3. The molecule has 0 aliphatic heterocycles. The van der Waals surface area contributed by atoms with Crippen LogP contribution in [0.1, 0.15) is 33.3 Å². The average Bonchev–Trinajstić information content (AvgIpc) is 2.54. The van der Waals surface area contributed by atoms with Gasteiger partial charge in [0.15, 0.2) is 0 Å². The largest absolute Gasteiger partial charge is 0.347 e. The van der Waals surface area contributed by atoms with Crippen LogP contribution in [0.15, 0.2) is 48.5 Å². The molecule has 0 unspecified atom stereocenters. The molecule has 0 radical (unpaired) electrons. The number of carbonyl (C=O) groups excluding carboxylic acids is 3. The fraction of sp³-hybridized carbons (Fsp3) is 0.250. The Morgan fingerprint density at radius 3 is 1.73 bits per heavy atom. The van der Waals surface area contributed by atoms with E-state index >= 15 is 0 Å². The van der Waals surface area contributed by atoms with Crippen molar-refractivity contribution >= 4 is 23.5 Å². The van der Waals surface area contributed by atoms with Crippen molar-refractivity contribution in [2.45, 2.75) is 33.2 Å². The van der Waals surface area contributed by atoms with Gasteiger partial charge in [0.2, 0.25) is 11.8 Å². The molecule has 2 rings (SSSR count). The molecule has 0 spiro atoms. The van der Waals surface area contributed by atoms with Crippen LogP contribution < -0.4 is 16.0 Å². The van der Waals surface area contributed by atoms with E-state index in [0.29, 0.717) is 5.69 Å². The molecule has 0 atom stereocenters. The van der Waals surface area contributed by atoms with Gasteiger partial charge in [0.25, 0.3) is 0 Å². The van der Waals surface area contributed by atoms with Gasteiger partial charge in [-0.05, 0) is 42.7 Å². The molecule has 0 aromatic heterocycles. The van der Waals surface area contributed by atoms with Crippen molar-refractivity contribution in [3.63, 3.8) is 0 Å². The number of urea groups is 1. The van der Waals surface area contributed by atoms with E-state index in [1.165, 1.54) is 13.8 Å². The van der Waals surface area contributed by atoms with E-state index in [1.54, 1.807) is 12.1 Å². The molecule has 6 nitrogen and oxygen atoms in total. The molecule has 0 saturated heterocycles. The quantitative estimate of drug-likeness (QED) is 0.787. The molecule has 0 fully saturated rings. The summed E-state index contributed by atoms with van der Waals surface area (Å²) in [5, 5.41) is 7.67.